The summed E-state index contributed by atoms with van der Waals surface area (Å²) in [6, 6.07) is 3.70. The molecule has 0 unspecified atom stereocenters. The molecule has 2 N–H and O–H groups in total. The van der Waals surface area contributed by atoms with Crippen molar-refractivity contribution in [1.82, 2.24) is 9.97 Å². The average molecular weight is 310 g/mol. The minimum atomic E-state index is -1.53. The fourth-order valence-corrected chi connectivity index (χ4v) is 1.85. The van der Waals surface area contributed by atoms with Gasteiger partial charge in [0.05, 0.1) is 5.69 Å². The van der Waals surface area contributed by atoms with Gasteiger partial charge in [-0.3, -0.25) is 0 Å². The van der Waals surface area contributed by atoms with Gasteiger partial charge in [0.15, 0.2) is 17.5 Å². The molecule has 0 saturated heterocycles. The van der Waals surface area contributed by atoms with Crippen LogP contribution < -0.4 is 10.6 Å². The first-order valence-corrected chi connectivity index (χ1v) is 7.01. The van der Waals surface area contributed by atoms with E-state index in [1.165, 1.54) is 0 Å². The van der Waals surface area contributed by atoms with Crippen LogP contribution in [0.25, 0.3) is 0 Å². The van der Waals surface area contributed by atoms with Gasteiger partial charge in [-0.1, -0.05) is 13.3 Å². The monoisotopic (exact) mass is 310 g/mol. The highest BCUT2D eigenvalue weighted by Crippen LogP contribution is 2.22. The van der Waals surface area contributed by atoms with Crippen molar-refractivity contribution in [3.05, 3.63) is 41.3 Å². The quantitative estimate of drug-likeness (QED) is 0.621. The number of unbranched alkanes of at least 4 members (excludes halogenated alkanes) is 1. The Balaban J connectivity index is 2.21. The van der Waals surface area contributed by atoms with Crippen molar-refractivity contribution in [1.29, 1.82) is 0 Å². The Morgan fingerprint density at radius 1 is 1.09 bits per heavy atom. The average Bonchev–Trinajstić information content (AvgIpc) is 2.48. The third-order valence-corrected chi connectivity index (χ3v) is 2.97. The smallest absolute Gasteiger partial charge is 0.229 e. The summed E-state index contributed by atoms with van der Waals surface area (Å²) >= 11 is 0. The second-order valence-electron chi connectivity index (χ2n) is 4.85. The molecule has 0 aliphatic carbocycles. The van der Waals surface area contributed by atoms with E-state index in [0.717, 1.165) is 31.5 Å². The van der Waals surface area contributed by atoms with E-state index in [4.69, 9.17) is 0 Å². The Hall–Kier alpha value is -2.31. The SMILES string of the molecule is CCCCNc1cc(C)nc(Nc2ccc(F)c(F)c2F)n1. The molecule has 0 radical (unpaired) electrons. The van der Waals surface area contributed by atoms with Gasteiger partial charge in [0.2, 0.25) is 5.95 Å². The van der Waals surface area contributed by atoms with E-state index < -0.39 is 17.5 Å². The maximum atomic E-state index is 13.6. The second-order valence-corrected chi connectivity index (χ2v) is 4.85. The number of nitrogens with one attached hydrogen (secondary N) is 2. The van der Waals surface area contributed by atoms with Crippen LogP contribution in [-0.2, 0) is 0 Å². The first-order chi connectivity index (χ1) is 10.5. The molecule has 118 valence electrons. The first-order valence-electron chi connectivity index (χ1n) is 7.01. The van der Waals surface area contributed by atoms with Gasteiger partial charge in [-0.15, -0.1) is 0 Å². The van der Waals surface area contributed by atoms with Gasteiger partial charge in [0.1, 0.15) is 5.82 Å². The van der Waals surface area contributed by atoms with Crippen molar-refractivity contribution >= 4 is 17.5 Å². The number of aryl methyl sites for hydroxylation is 1. The van der Waals surface area contributed by atoms with Crippen molar-refractivity contribution in [2.45, 2.75) is 26.7 Å². The summed E-state index contributed by atoms with van der Waals surface area (Å²) in [7, 11) is 0. The lowest BCUT2D eigenvalue weighted by Crippen LogP contribution is -2.07. The Bertz CT molecular complexity index is 661. The molecule has 2 aromatic rings. The van der Waals surface area contributed by atoms with Crippen molar-refractivity contribution in [2.24, 2.45) is 0 Å². The molecule has 4 nitrogen and oxygen atoms in total. The van der Waals surface area contributed by atoms with Gasteiger partial charge in [-0.2, -0.15) is 4.98 Å². The number of hydrogen-bond donors (Lipinski definition) is 2. The molecule has 0 amide bonds. The molecule has 0 spiro atoms. The Morgan fingerprint density at radius 2 is 1.86 bits per heavy atom. The number of anilines is 3. The summed E-state index contributed by atoms with van der Waals surface area (Å²) in [6.07, 6.45) is 2.03. The molecule has 0 fully saturated rings. The van der Waals surface area contributed by atoms with Crippen LogP contribution in [0.1, 0.15) is 25.5 Å². The number of hydrogen-bond acceptors (Lipinski definition) is 4. The van der Waals surface area contributed by atoms with Crippen molar-refractivity contribution in [3.63, 3.8) is 0 Å². The van der Waals surface area contributed by atoms with Gasteiger partial charge < -0.3 is 10.6 Å². The van der Waals surface area contributed by atoms with Crippen LogP contribution in [0.2, 0.25) is 0 Å². The Labute approximate surface area is 126 Å². The van der Waals surface area contributed by atoms with Gasteiger partial charge in [-0.25, -0.2) is 18.2 Å². The van der Waals surface area contributed by atoms with Gasteiger partial charge >= 0.3 is 0 Å². The molecule has 1 aromatic carbocycles. The lowest BCUT2D eigenvalue weighted by Gasteiger charge is -2.10. The normalized spacial score (nSPS) is 10.6. The van der Waals surface area contributed by atoms with E-state index in [1.54, 1.807) is 13.0 Å². The Morgan fingerprint density at radius 3 is 2.59 bits per heavy atom. The van der Waals surface area contributed by atoms with Gasteiger partial charge in [-0.05, 0) is 25.5 Å². The highest BCUT2D eigenvalue weighted by Gasteiger charge is 2.14. The van der Waals surface area contributed by atoms with Crippen LogP contribution in [0.5, 0.6) is 0 Å². The lowest BCUT2D eigenvalue weighted by atomic mass is 10.3. The summed E-state index contributed by atoms with van der Waals surface area (Å²) in [6.45, 7) is 4.59. The standard InChI is InChI=1S/C15H17F3N4/c1-3-4-7-19-12-8-9(2)20-15(22-12)21-11-6-5-10(16)13(17)14(11)18/h5-6,8H,3-4,7H2,1-2H3,(H2,19,20,21,22). The summed E-state index contributed by atoms with van der Waals surface area (Å²) in [4.78, 5) is 8.28. The molecular formula is C15H17F3N4. The summed E-state index contributed by atoms with van der Waals surface area (Å²) in [5, 5.41) is 5.70. The lowest BCUT2D eigenvalue weighted by molar-refractivity contribution is 0.449. The van der Waals surface area contributed by atoms with Crippen LogP contribution in [0.4, 0.5) is 30.6 Å². The van der Waals surface area contributed by atoms with Crippen molar-refractivity contribution in [3.8, 4) is 0 Å². The van der Waals surface area contributed by atoms with E-state index in [0.29, 0.717) is 11.5 Å². The zero-order valence-electron chi connectivity index (χ0n) is 12.4. The number of aromatic nitrogens is 2. The highest BCUT2D eigenvalue weighted by molar-refractivity contribution is 5.56. The van der Waals surface area contributed by atoms with Crippen molar-refractivity contribution < 1.29 is 13.2 Å². The number of nitrogens with zero attached hydrogens (tertiary/aromatic N) is 2. The molecule has 2 rings (SSSR count). The number of benzene rings is 1. The summed E-state index contributed by atoms with van der Waals surface area (Å²) in [5.74, 6) is -3.37. The molecule has 0 bridgehead atoms. The third-order valence-electron chi connectivity index (χ3n) is 2.97. The molecule has 0 aliphatic heterocycles. The molecule has 1 heterocycles. The number of rotatable bonds is 6. The molecule has 0 atom stereocenters. The van der Waals surface area contributed by atoms with Gasteiger partial charge in [0.25, 0.3) is 0 Å². The first kappa shape index (κ1) is 16.1. The number of halogens is 3. The minimum absolute atomic E-state index is 0.115. The van der Waals surface area contributed by atoms with Crippen molar-refractivity contribution in [2.75, 3.05) is 17.2 Å². The van der Waals surface area contributed by atoms with Crippen LogP contribution in [0, 0.1) is 24.4 Å². The van der Waals surface area contributed by atoms with Crippen LogP contribution in [0.15, 0.2) is 18.2 Å². The minimum Gasteiger partial charge on any atom is -0.370 e. The zero-order valence-corrected chi connectivity index (χ0v) is 12.4. The van der Waals surface area contributed by atoms with Crippen LogP contribution in [-0.4, -0.2) is 16.5 Å². The highest BCUT2D eigenvalue weighted by atomic mass is 19.2. The zero-order chi connectivity index (χ0) is 16.1. The molecular weight excluding hydrogens is 293 g/mol. The molecule has 22 heavy (non-hydrogen) atoms. The van der Waals surface area contributed by atoms with Crippen LogP contribution in [0.3, 0.4) is 0 Å². The Kier molecular flexibility index (Phi) is 5.19. The van der Waals surface area contributed by atoms with Crippen LogP contribution >= 0.6 is 0 Å². The predicted molar refractivity (Wildman–Crippen MR) is 79.8 cm³/mol. The molecule has 1 aromatic heterocycles. The topological polar surface area (TPSA) is 49.8 Å². The van der Waals surface area contributed by atoms with E-state index in [9.17, 15) is 13.2 Å². The van der Waals surface area contributed by atoms with Gasteiger partial charge in [0, 0.05) is 18.3 Å². The maximum absolute atomic E-state index is 13.6. The summed E-state index contributed by atoms with van der Waals surface area (Å²) < 4.78 is 39.8. The van der Waals surface area contributed by atoms with E-state index in [1.807, 2.05) is 0 Å². The second kappa shape index (κ2) is 7.11. The maximum Gasteiger partial charge on any atom is 0.229 e. The molecule has 0 saturated carbocycles. The molecule has 7 heteroatoms. The van der Waals surface area contributed by atoms with E-state index in [2.05, 4.69) is 27.5 Å². The summed E-state index contributed by atoms with van der Waals surface area (Å²) in [5.41, 5.74) is 0.448. The molecule has 0 aliphatic rings. The van der Waals surface area contributed by atoms with E-state index >= 15 is 0 Å². The fourth-order valence-electron chi connectivity index (χ4n) is 1.85. The fraction of sp³-hybridized carbons (Fsp3) is 0.333. The van der Waals surface area contributed by atoms with E-state index in [-0.39, 0.29) is 11.6 Å². The third kappa shape index (κ3) is 3.87. The largest absolute Gasteiger partial charge is 0.370 e. The predicted octanol–water partition coefficient (Wildman–Crippen LogP) is 4.16.